The molecule has 5 nitrogen and oxygen atoms in total. The highest BCUT2D eigenvalue weighted by Gasteiger charge is 2.27. The van der Waals surface area contributed by atoms with Gasteiger partial charge >= 0.3 is 0 Å². The summed E-state index contributed by atoms with van der Waals surface area (Å²) < 4.78 is 33.3. The third kappa shape index (κ3) is 4.81. The molecule has 0 radical (unpaired) electrons. The van der Waals surface area contributed by atoms with E-state index in [-0.39, 0.29) is 10.9 Å². The van der Waals surface area contributed by atoms with Crippen molar-refractivity contribution in [3.05, 3.63) is 60.2 Å². The summed E-state index contributed by atoms with van der Waals surface area (Å²) >= 11 is 0. The average molecular weight is 360 g/mol. The number of nitrogens with one attached hydrogen (secondary N) is 1. The van der Waals surface area contributed by atoms with Gasteiger partial charge in [-0.05, 0) is 43.2 Å². The van der Waals surface area contributed by atoms with Crippen molar-refractivity contribution < 1.29 is 13.2 Å². The molecule has 6 heteroatoms. The second kappa shape index (κ2) is 7.99. The molecule has 0 spiro atoms. The van der Waals surface area contributed by atoms with E-state index >= 15 is 0 Å². The molecule has 0 bridgehead atoms. The van der Waals surface area contributed by atoms with Crippen LogP contribution in [0, 0.1) is 0 Å². The Morgan fingerprint density at radius 3 is 2.52 bits per heavy atom. The Morgan fingerprint density at radius 2 is 1.84 bits per heavy atom. The van der Waals surface area contributed by atoms with E-state index in [1.807, 2.05) is 25.1 Å². The predicted octanol–water partition coefficient (Wildman–Crippen LogP) is 2.64. The largest absolute Gasteiger partial charge is 0.494 e. The van der Waals surface area contributed by atoms with Crippen LogP contribution in [0.25, 0.3) is 0 Å². The third-order valence-corrected chi connectivity index (χ3v) is 5.82. The van der Waals surface area contributed by atoms with Gasteiger partial charge in [-0.3, -0.25) is 4.90 Å². The van der Waals surface area contributed by atoms with Crippen LogP contribution >= 0.6 is 0 Å². The molecule has 1 fully saturated rings. The minimum Gasteiger partial charge on any atom is -0.494 e. The summed E-state index contributed by atoms with van der Waals surface area (Å²) in [5, 5.41) is 0. The van der Waals surface area contributed by atoms with Crippen molar-refractivity contribution in [1.82, 2.24) is 9.62 Å². The number of likely N-dealkylation sites (tertiary alicyclic amines) is 1. The normalized spacial score (nSPS) is 18.4. The molecule has 2 aromatic carbocycles. The second-order valence-corrected chi connectivity index (χ2v) is 7.95. The van der Waals surface area contributed by atoms with Gasteiger partial charge in [-0.15, -0.1) is 0 Å². The first kappa shape index (κ1) is 17.9. The van der Waals surface area contributed by atoms with Gasteiger partial charge in [-0.25, -0.2) is 13.1 Å². The van der Waals surface area contributed by atoms with Crippen molar-refractivity contribution in [2.75, 3.05) is 19.7 Å². The fourth-order valence-electron chi connectivity index (χ4n) is 3.08. The molecule has 1 aliphatic rings. The number of benzene rings is 2. The van der Waals surface area contributed by atoms with E-state index in [1.54, 1.807) is 24.3 Å². The monoisotopic (exact) mass is 360 g/mol. The molecule has 1 aliphatic heterocycles. The van der Waals surface area contributed by atoms with Crippen molar-refractivity contribution in [3.8, 4) is 5.75 Å². The van der Waals surface area contributed by atoms with Gasteiger partial charge in [0.15, 0.2) is 0 Å². The number of ether oxygens (including phenoxy) is 1. The Labute approximate surface area is 149 Å². The standard InChI is InChI=1S/C19H24N2O3S/c1-2-24-18-8-10-19(11-9-18)25(22,23)20-17-12-13-21(15-17)14-16-6-4-3-5-7-16/h3-11,17,20H,2,12-15H2,1H3. The van der Waals surface area contributed by atoms with E-state index in [1.165, 1.54) is 5.56 Å². The Morgan fingerprint density at radius 1 is 1.12 bits per heavy atom. The molecule has 1 heterocycles. The smallest absolute Gasteiger partial charge is 0.240 e. The highest BCUT2D eigenvalue weighted by Crippen LogP contribution is 2.19. The van der Waals surface area contributed by atoms with Crippen LogP contribution in [0.4, 0.5) is 0 Å². The molecular formula is C19H24N2O3S. The summed E-state index contributed by atoms with van der Waals surface area (Å²) in [7, 11) is -3.50. The van der Waals surface area contributed by atoms with E-state index in [2.05, 4.69) is 21.8 Å². The van der Waals surface area contributed by atoms with Crippen LogP contribution in [0.5, 0.6) is 5.75 Å². The summed E-state index contributed by atoms with van der Waals surface area (Å²) in [5.74, 6) is 0.677. The zero-order chi connectivity index (χ0) is 17.7. The van der Waals surface area contributed by atoms with E-state index in [0.29, 0.717) is 12.4 Å². The SMILES string of the molecule is CCOc1ccc(S(=O)(=O)NC2CCN(Cc3ccccc3)C2)cc1. The maximum Gasteiger partial charge on any atom is 0.240 e. The molecule has 1 unspecified atom stereocenters. The predicted molar refractivity (Wildman–Crippen MR) is 98.1 cm³/mol. The van der Waals surface area contributed by atoms with Crippen molar-refractivity contribution in [1.29, 1.82) is 0 Å². The Hall–Kier alpha value is -1.89. The Kier molecular flexibility index (Phi) is 5.73. The van der Waals surface area contributed by atoms with Crippen LogP contribution in [0.3, 0.4) is 0 Å². The van der Waals surface area contributed by atoms with E-state index < -0.39 is 10.0 Å². The lowest BCUT2D eigenvalue weighted by Crippen LogP contribution is -2.36. The maximum absolute atomic E-state index is 12.6. The molecule has 1 atom stereocenters. The first-order valence-electron chi connectivity index (χ1n) is 8.58. The van der Waals surface area contributed by atoms with Gasteiger partial charge in [0.05, 0.1) is 11.5 Å². The molecule has 1 saturated heterocycles. The number of rotatable bonds is 7. The van der Waals surface area contributed by atoms with E-state index in [9.17, 15) is 8.42 Å². The highest BCUT2D eigenvalue weighted by molar-refractivity contribution is 7.89. The number of nitrogens with zero attached hydrogens (tertiary/aromatic N) is 1. The fourth-order valence-corrected chi connectivity index (χ4v) is 4.34. The highest BCUT2D eigenvalue weighted by atomic mass is 32.2. The second-order valence-electron chi connectivity index (χ2n) is 6.23. The lowest BCUT2D eigenvalue weighted by molar-refractivity contribution is 0.324. The minimum atomic E-state index is -3.50. The van der Waals surface area contributed by atoms with Crippen molar-refractivity contribution >= 4 is 10.0 Å². The quantitative estimate of drug-likeness (QED) is 0.825. The molecule has 134 valence electrons. The molecule has 0 aromatic heterocycles. The topological polar surface area (TPSA) is 58.6 Å². The molecule has 0 amide bonds. The molecule has 2 aromatic rings. The number of sulfonamides is 1. The van der Waals surface area contributed by atoms with Gasteiger partial charge in [0.25, 0.3) is 0 Å². The van der Waals surface area contributed by atoms with Crippen LogP contribution in [-0.2, 0) is 16.6 Å². The van der Waals surface area contributed by atoms with Gasteiger partial charge in [-0.1, -0.05) is 30.3 Å². The van der Waals surface area contributed by atoms with Gasteiger partial charge in [0.1, 0.15) is 5.75 Å². The number of hydrogen-bond donors (Lipinski definition) is 1. The molecule has 3 rings (SSSR count). The fraction of sp³-hybridized carbons (Fsp3) is 0.368. The first-order chi connectivity index (χ1) is 12.1. The Balaban J connectivity index is 1.58. The van der Waals surface area contributed by atoms with Crippen molar-refractivity contribution in [2.24, 2.45) is 0 Å². The Bertz CT molecular complexity index is 776. The van der Waals surface area contributed by atoms with E-state index in [0.717, 1.165) is 26.1 Å². The molecule has 0 aliphatic carbocycles. The van der Waals surface area contributed by atoms with Gasteiger partial charge in [0, 0.05) is 25.7 Å². The molecule has 1 N–H and O–H groups in total. The van der Waals surface area contributed by atoms with Gasteiger partial charge < -0.3 is 4.74 Å². The third-order valence-electron chi connectivity index (χ3n) is 4.29. The van der Waals surface area contributed by atoms with E-state index in [4.69, 9.17) is 4.74 Å². The van der Waals surface area contributed by atoms with Crippen LogP contribution in [0.15, 0.2) is 59.5 Å². The molecular weight excluding hydrogens is 336 g/mol. The summed E-state index contributed by atoms with van der Waals surface area (Å²) in [4.78, 5) is 2.55. The van der Waals surface area contributed by atoms with Crippen LogP contribution < -0.4 is 9.46 Å². The minimum absolute atomic E-state index is 0.0553. The van der Waals surface area contributed by atoms with Crippen LogP contribution in [-0.4, -0.2) is 39.1 Å². The van der Waals surface area contributed by atoms with Crippen molar-refractivity contribution in [3.63, 3.8) is 0 Å². The van der Waals surface area contributed by atoms with Crippen molar-refractivity contribution in [2.45, 2.75) is 30.8 Å². The van der Waals surface area contributed by atoms with Gasteiger partial charge in [-0.2, -0.15) is 0 Å². The van der Waals surface area contributed by atoms with Gasteiger partial charge in [0.2, 0.25) is 10.0 Å². The average Bonchev–Trinajstić information content (AvgIpc) is 3.03. The lowest BCUT2D eigenvalue weighted by Gasteiger charge is -2.17. The first-order valence-corrected chi connectivity index (χ1v) is 10.1. The molecule has 25 heavy (non-hydrogen) atoms. The summed E-state index contributed by atoms with van der Waals surface area (Å²) in [6.07, 6.45) is 0.823. The lowest BCUT2D eigenvalue weighted by atomic mass is 10.2. The maximum atomic E-state index is 12.6. The summed E-state index contributed by atoms with van der Waals surface area (Å²) in [5.41, 5.74) is 1.25. The zero-order valence-corrected chi connectivity index (χ0v) is 15.2. The zero-order valence-electron chi connectivity index (χ0n) is 14.4. The summed E-state index contributed by atoms with van der Waals surface area (Å²) in [6, 6.07) is 16.7. The van der Waals surface area contributed by atoms with Crippen LogP contribution in [0.2, 0.25) is 0 Å². The molecule has 0 saturated carbocycles. The summed E-state index contributed by atoms with van der Waals surface area (Å²) in [6.45, 7) is 4.93. The number of hydrogen-bond acceptors (Lipinski definition) is 4. The van der Waals surface area contributed by atoms with Crippen LogP contribution in [0.1, 0.15) is 18.9 Å².